The van der Waals surface area contributed by atoms with Gasteiger partial charge in [0.1, 0.15) is 6.10 Å². The molecule has 4 heteroatoms. The van der Waals surface area contributed by atoms with E-state index in [1.165, 1.54) is 7.11 Å². The molecule has 2 atom stereocenters. The van der Waals surface area contributed by atoms with Crippen molar-refractivity contribution in [3.05, 3.63) is 23.8 Å². The maximum Gasteiger partial charge on any atom is 0.345 e. The minimum Gasteiger partial charge on any atom is -0.467 e. The van der Waals surface area contributed by atoms with Crippen LogP contribution in [0.25, 0.3) is 0 Å². The van der Waals surface area contributed by atoms with Crippen LogP contribution in [0, 0.1) is 12.3 Å². The number of ether oxygens (including phenoxy) is 3. The number of carbonyl (C=O) groups is 1. The fourth-order valence-electron chi connectivity index (χ4n) is 2.15. The molecule has 0 spiro atoms. The summed E-state index contributed by atoms with van der Waals surface area (Å²) in [5.74, 6) is 1.12. The molecular weight excluding hydrogens is 220 g/mol. The van der Waals surface area contributed by atoms with E-state index in [-0.39, 0.29) is 0 Å². The molecule has 2 aliphatic rings. The largest absolute Gasteiger partial charge is 0.467 e. The first-order chi connectivity index (χ1) is 7.95. The van der Waals surface area contributed by atoms with Crippen molar-refractivity contribution in [3.63, 3.8) is 0 Å². The first kappa shape index (κ1) is 11.9. The summed E-state index contributed by atoms with van der Waals surface area (Å²) in [6.07, 6.45) is 9.83. The molecule has 4 nitrogen and oxygen atoms in total. The van der Waals surface area contributed by atoms with E-state index in [1.807, 2.05) is 0 Å². The van der Waals surface area contributed by atoms with Crippen LogP contribution in [0.15, 0.2) is 23.8 Å². The maximum absolute atomic E-state index is 11.9. The molecule has 1 saturated heterocycles. The van der Waals surface area contributed by atoms with E-state index in [4.69, 9.17) is 20.6 Å². The molecular formula is C13H14O4. The van der Waals surface area contributed by atoms with Gasteiger partial charge >= 0.3 is 5.97 Å². The van der Waals surface area contributed by atoms with E-state index in [1.54, 1.807) is 32.1 Å². The quantitative estimate of drug-likeness (QED) is 0.505. The molecule has 0 amide bonds. The molecule has 1 fully saturated rings. The average molecular weight is 234 g/mol. The van der Waals surface area contributed by atoms with E-state index < -0.39 is 23.5 Å². The summed E-state index contributed by atoms with van der Waals surface area (Å²) >= 11 is 0. The normalized spacial score (nSPS) is 33.5. The van der Waals surface area contributed by atoms with Crippen LogP contribution in [0.4, 0.5) is 0 Å². The standard InChI is InChI=1S/C13H14O4/c1-5-9-7-6-8-13(11(14)15-4)10(9)16-12(2,3)17-13/h1,6-8,10H,2-4H3/t10-,13+/m1/s1. The third-order valence-corrected chi connectivity index (χ3v) is 2.78. The zero-order chi connectivity index (χ0) is 12.7. The third kappa shape index (κ3) is 1.68. The van der Waals surface area contributed by atoms with Crippen molar-refractivity contribution < 1.29 is 19.0 Å². The van der Waals surface area contributed by atoms with E-state index >= 15 is 0 Å². The van der Waals surface area contributed by atoms with Gasteiger partial charge in [0.15, 0.2) is 5.79 Å². The molecule has 0 aromatic carbocycles. The van der Waals surface area contributed by atoms with Crippen LogP contribution in [0.3, 0.4) is 0 Å². The predicted molar refractivity (Wildman–Crippen MR) is 60.8 cm³/mol. The van der Waals surface area contributed by atoms with Crippen molar-refractivity contribution in [1.29, 1.82) is 0 Å². The Hall–Kier alpha value is -1.57. The van der Waals surface area contributed by atoms with Crippen LogP contribution >= 0.6 is 0 Å². The number of terminal acetylenes is 1. The zero-order valence-corrected chi connectivity index (χ0v) is 10.0. The molecule has 0 bridgehead atoms. The lowest BCUT2D eigenvalue weighted by atomic mass is 9.87. The Kier molecular flexibility index (Phi) is 2.61. The summed E-state index contributed by atoms with van der Waals surface area (Å²) in [5, 5.41) is 0. The van der Waals surface area contributed by atoms with Crippen LogP contribution in [-0.2, 0) is 19.0 Å². The van der Waals surface area contributed by atoms with Crippen LogP contribution in [0.5, 0.6) is 0 Å². The van der Waals surface area contributed by atoms with Gasteiger partial charge in [-0.05, 0) is 26.0 Å². The van der Waals surface area contributed by atoms with Gasteiger partial charge < -0.3 is 14.2 Å². The van der Waals surface area contributed by atoms with E-state index in [2.05, 4.69) is 5.92 Å². The summed E-state index contributed by atoms with van der Waals surface area (Å²) in [6, 6.07) is 0. The zero-order valence-electron chi connectivity index (χ0n) is 10.0. The summed E-state index contributed by atoms with van der Waals surface area (Å²) in [7, 11) is 1.31. The summed E-state index contributed by atoms with van der Waals surface area (Å²) in [4.78, 5) is 11.9. The molecule has 1 aliphatic heterocycles. The number of hydrogen-bond donors (Lipinski definition) is 0. The maximum atomic E-state index is 11.9. The second-order valence-electron chi connectivity index (χ2n) is 4.41. The van der Waals surface area contributed by atoms with Gasteiger partial charge in [0.05, 0.1) is 7.11 Å². The Labute approximate surface area is 100 Å². The minimum atomic E-state index is -1.27. The fourth-order valence-corrected chi connectivity index (χ4v) is 2.15. The molecule has 1 aliphatic carbocycles. The molecule has 0 aromatic rings. The van der Waals surface area contributed by atoms with Crippen molar-refractivity contribution in [1.82, 2.24) is 0 Å². The number of allylic oxidation sites excluding steroid dienone is 2. The van der Waals surface area contributed by atoms with Crippen molar-refractivity contribution in [2.75, 3.05) is 7.11 Å². The Bertz CT molecular complexity index is 453. The first-order valence-corrected chi connectivity index (χ1v) is 5.27. The molecule has 0 aromatic heterocycles. The van der Waals surface area contributed by atoms with Crippen molar-refractivity contribution in [2.24, 2.45) is 0 Å². The highest BCUT2D eigenvalue weighted by atomic mass is 16.8. The number of methoxy groups -OCH3 is 1. The van der Waals surface area contributed by atoms with Crippen LogP contribution in [0.1, 0.15) is 13.8 Å². The van der Waals surface area contributed by atoms with Gasteiger partial charge in [-0.15, -0.1) is 6.42 Å². The topological polar surface area (TPSA) is 44.8 Å². The number of rotatable bonds is 1. The lowest BCUT2D eigenvalue weighted by Gasteiger charge is -2.28. The number of fused-ring (bicyclic) bond motifs is 1. The van der Waals surface area contributed by atoms with Crippen molar-refractivity contribution >= 4 is 5.97 Å². The van der Waals surface area contributed by atoms with Crippen molar-refractivity contribution in [2.45, 2.75) is 31.3 Å². The molecule has 2 rings (SSSR count). The average Bonchev–Trinajstić information content (AvgIpc) is 2.58. The van der Waals surface area contributed by atoms with Crippen LogP contribution in [-0.4, -0.2) is 30.6 Å². The Balaban J connectivity index is 2.49. The van der Waals surface area contributed by atoms with Gasteiger partial charge in [0, 0.05) is 5.57 Å². The number of hydrogen-bond acceptors (Lipinski definition) is 4. The van der Waals surface area contributed by atoms with Crippen LogP contribution < -0.4 is 0 Å². The lowest BCUT2D eigenvalue weighted by Crippen LogP contribution is -2.48. The predicted octanol–water partition coefficient (Wildman–Crippen LogP) is 1.18. The molecule has 0 saturated carbocycles. The van der Waals surface area contributed by atoms with E-state index in [9.17, 15) is 4.79 Å². The second kappa shape index (κ2) is 3.73. The van der Waals surface area contributed by atoms with Gasteiger partial charge in [-0.25, -0.2) is 4.79 Å². The van der Waals surface area contributed by atoms with Gasteiger partial charge in [-0.1, -0.05) is 12.0 Å². The van der Waals surface area contributed by atoms with Gasteiger partial charge in [0.25, 0.3) is 0 Å². The molecule has 0 radical (unpaired) electrons. The molecule has 90 valence electrons. The van der Waals surface area contributed by atoms with Gasteiger partial charge in [-0.2, -0.15) is 0 Å². The van der Waals surface area contributed by atoms with Gasteiger partial charge in [0.2, 0.25) is 5.60 Å². The Morgan fingerprint density at radius 2 is 2.29 bits per heavy atom. The molecule has 0 unspecified atom stereocenters. The lowest BCUT2D eigenvalue weighted by molar-refractivity contribution is -0.179. The molecule has 1 heterocycles. The highest BCUT2D eigenvalue weighted by Gasteiger charge is 2.59. The Morgan fingerprint density at radius 3 is 2.88 bits per heavy atom. The summed E-state index contributed by atoms with van der Waals surface area (Å²) in [6.45, 7) is 3.47. The summed E-state index contributed by atoms with van der Waals surface area (Å²) in [5.41, 5.74) is -0.696. The first-order valence-electron chi connectivity index (χ1n) is 5.27. The summed E-state index contributed by atoms with van der Waals surface area (Å²) < 4.78 is 16.2. The van der Waals surface area contributed by atoms with Crippen LogP contribution in [0.2, 0.25) is 0 Å². The highest BCUT2D eigenvalue weighted by Crippen LogP contribution is 2.43. The smallest absolute Gasteiger partial charge is 0.345 e. The number of esters is 1. The van der Waals surface area contributed by atoms with Gasteiger partial charge in [-0.3, -0.25) is 0 Å². The highest BCUT2D eigenvalue weighted by molar-refractivity contribution is 5.85. The number of carbonyl (C=O) groups excluding carboxylic acids is 1. The van der Waals surface area contributed by atoms with E-state index in [0.29, 0.717) is 5.57 Å². The monoisotopic (exact) mass is 234 g/mol. The second-order valence-corrected chi connectivity index (χ2v) is 4.41. The minimum absolute atomic E-state index is 0.509. The third-order valence-electron chi connectivity index (χ3n) is 2.78. The SMILES string of the molecule is C#CC1=CC=C[C@]2(C(=O)OC)OC(C)(C)O[C@H]12. The van der Waals surface area contributed by atoms with E-state index in [0.717, 1.165) is 0 Å². The Morgan fingerprint density at radius 1 is 1.59 bits per heavy atom. The fraction of sp³-hybridized carbons (Fsp3) is 0.462. The molecule has 0 N–H and O–H groups in total. The van der Waals surface area contributed by atoms with Crippen molar-refractivity contribution in [3.8, 4) is 12.3 Å². The molecule has 17 heavy (non-hydrogen) atoms.